The average Bonchev–Trinajstić information content (AvgIpc) is 3.07. The number of ether oxygens (including phenoxy) is 7. The number of likely N-dealkylation sites (N-methyl/N-ethyl adjacent to an activating group) is 1. The minimum atomic E-state index is -1.50. The van der Waals surface area contributed by atoms with Crippen molar-refractivity contribution in [1.29, 1.82) is 0 Å². The maximum atomic E-state index is 14.5. The van der Waals surface area contributed by atoms with Gasteiger partial charge in [-0.15, -0.1) is 0 Å². The van der Waals surface area contributed by atoms with E-state index in [9.17, 15) is 25.2 Å². The van der Waals surface area contributed by atoms with Crippen molar-refractivity contribution >= 4 is 5.97 Å². The van der Waals surface area contributed by atoms with Gasteiger partial charge in [0.25, 0.3) is 0 Å². The van der Waals surface area contributed by atoms with Crippen LogP contribution in [0.5, 0.6) is 0 Å². The predicted octanol–water partition coefficient (Wildman–Crippen LogP) is 2.27. The Bertz CT molecular complexity index is 1180. The van der Waals surface area contributed by atoms with Crippen LogP contribution in [-0.4, -0.2) is 161 Å². The summed E-state index contributed by atoms with van der Waals surface area (Å²) >= 11 is 0. The summed E-state index contributed by atoms with van der Waals surface area (Å²) in [5.74, 6) is -2.30. The van der Waals surface area contributed by atoms with Gasteiger partial charge < -0.3 is 58.5 Å². The molecule has 14 nitrogen and oxygen atoms in total. The summed E-state index contributed by atoms with van der Waals surface area (Å²) in [7, 11) is 5.32. The maximum Gasteiger partial charge on any atom is 0.311 e. The number of carbonyl (C=O) groups is 1. The number of fused-ring (bicyclic) bond motifs is 2. The van der Waals surface area contributed by atoms with Gasteiger partial charge in [0.05, 0.1) is 47.6 Å². The second-order valence-corrected chi connectivity index (χ2v) is 17.2. The SMILES string of the molecule is CC[C@@H](O)[C@@]1(C)OCN2C[C@H](C)C[C@@](C)(O)[C@H](O[C@@H]3O[C@H](C)C[C@H](N(C)C)[C@H]3O)[C@@H](C)[C@H](O[C@H]3C[C@@](C)(OC)[C@@H](O)[C@H](C)O3)[C@@H](C)C(=O)O[C@@H]1[C@@H]2C. The van der Waals surface area contributed by atoms with E-state index < -0.39 is 89.9 Å². The van der Waals surface area contributed by atoms with Crippen molar-refractivity contribution in [1.82, 2.24) is 9.80 Å². The minimum absolute atomic E-state index is 0.0919. The quantitative estimate of drug-likeness (QED) is 0.267. The third-order valence-corrected chi connectivity index (χ3v) is 12.5. The molecule has 1 unspecified atom stereocenters. The highest BCUT2D eigenvalue weighted by Crippen LogP contribution is 2.41. The Kier molecular flexibility index (Phi) is 14.3. The van der Waals surface area contributed by atoms with Gasteiger partial charge in [-0.25, -0.2) is 0 Å². The first-order chi connectivity index (χ1) is 24.1. The van der Waals surface area contributed by atoms with Gasteiger partial charge in [-0.1, -0.05) is 20.8 Å². The number of carbonyl (C=O) groups excluding carboxylic acids is 1. The minimum Gasteiger partial charge on any atom is -0.457 e. The topological polar surface area (TPSA) is 169 Å². The van der Waals surface area contributed by atoms with Crippen molar-refractivity contribution in [3.8, 4) is 0 Å². The van der Waals surface area contributed by atoms with Gasteiger partial charge in [0.2, 0.25) is 0 Å². The average molecular weight is 747 g/mol. The Morgan fingerprint density at radius 2 is 1.67 bits per heavy atom. The lowest BCUT2D eigenvalue weighted by atomic mass is 9.77. The van der Waals surface area contributed by atoms with Crippen LogP contribution in [0.2, 0.25) is 0 Å². The van der Waals surface area contributed by atoms with E-state index in [2.05, 4.69) is 4.90 Å². The normalized spacial score (nSPS) is 50.4. The molecule has 4 rings (SSSR count). The predicted molar refractivity (Wildman–Crippen MR) is 192 cm³/mol. The molecule has 4 saturated heterocycles. The summed E-state index contributed by atoms with van der Waals surface area (Å²) in [6, 6.07) is -0.574. The lowest BCUT2D eigenvalue weighted by molar-refractivity contribution is -0.318. The van der Waals surface area contributed by atoms with Crippen LogP contribution in [0.1, 0.15) is 94.9 Å². The summed E-state index contributed by atoms with van der Waals surface area (Å²) in [5.41, 5.74) is -3.67. The summed E-state index contributed by atoms with van der Waals surface area (Å²) in [4.78, 5) is 18.5. The van der Waals surface area contributed by atoms with Crippen molar-refractivity contribution in [3.05, 3.63) is 0 Å². The molecular weight excluding hydrogens is 676 g/mol. The Labute approximate surface area is 311 Å². The number of rotatable bonds is 8. The molecule has 0 amide bonds. The number of aliphatic hydroxyl groups excluding tert-OH is 3. The highest BCUT2D eigenvalue weighted by Gasteiger charge is 2.55. The first-order valence-corrected chi connectivity index (χ1v) is 19.3. The third-order valence-electron chi connectivity index (χ3n) is 12.5. The fourth-order valence-corrected chi connectivity index (χ4v) is 9.15. The highest BCUT2D eigenvalue weighted by molar-refractivity contribution is 5.73. The molecule has 19 atom stereocenters. The van der Waals surface area contributed by atoms with E-state index in [4.69, 9.17) is 33.2 Å². The van der Waals surface area contributed by atoms with Crippen molar-refractivity contribution in [2.75, 3.05) is 34.5 Å². The Balaban J connectivity index is 1.81. The first-order valence-electron chi connectivity index (χ1n) is 19.3. The number of nitrogens with zero attached hydrogens (tertiary/aromatic N) is 2. The molecule has 0 aromatic carbocycles. The van der Waals surface area contributed by atoms with Crippen LogP contribution in [0.15, 0.2) is 0 Å². The van der Waals surface area contributed by atoms with Crippen LogP contribution in [0, 0.1) is 17.8 Å². The molecule has 4 aliphatic rings. The second kappa shape index (κ2) is 17.0. The molecule has 0 saturated carbocycles. The molecule has 4 N–H and O–H groups in total. The van der Waals surface area contributed by atoms with E-state index in [1.54, 1.807) is 34.6 Å². The van der Waals surface area contributed by atoms with Gasteiger partial charge in [-0.2, -0.15) is 0 Å². The van der Waals surface area contributed by atoms with Gasteiger partial charge >= 0.3 is 5.97 Å². The lowest BCUT2D eigenvalue weighted by Crippen LogP contribution is -2.66. The monoisotopic (exact) mass is 746 g/mol. The Morgan fingerprint density at radius 1 is 1.02 bits per heavy atom. The molecule has 0 aromatic rings. The molecule has 4 aliphatic heterocycles. The molecule has 14 heteroatoms. The molecular formula is C38H70N2O12. The van der Waals surface area contributed by atoms with Gasteiger partial charge in [0, 0.05) is 38.1 Å². The molecule has 4 fully saturated rings. The van der Waals surface area contributed by atoms with E-state index in [0.29, 0.717) is 25.8 Å². The summed E-state index contributed by atoms with van der Waals surface area (Å²) in [6.45, 7) is 19.1. The van der Waals surface area contributed by atoms with E-state index in [0.717, 1.165) is 0 Å². The number of hydrogen-bond donors (Lipinski definition) is 4. The van der Waals surface area contributed by atoms with Gasteiger partial charge in [0.15, 0.2) is 12.6 Å². The van der Waals surface area contributed by atoms with E-state index in [-0.39, 0.29) is 37.3 Å². The fourth-order valence-electron chi connectivity index (χ4n) is 9.15. The zero-order valence-corrected chi connectivity index (χ0v) is 33.9. The summed E-state index contributed by atoms with van der Waals surface area (Å²) in [5, 5.41) is 46.2. The fraction of sp³-hybridized carbons (Fsp3) is 0.974. The smallest absolute Gasteiger partial charge is 0.311 e. The van der Waals surface area contributed by atoms with Crippen LogP contribution in [0.4, 0.5) is 0 Å². The molecule has 52 heavy (non-hydrogen) atoms. The number of hydrogen-bond acceptors (Lipinski definition) is 14. The van der Waals surface area contributed by atoms with Gasteiger partial charge in [-0.3, -0.25) is 9.69 Å². The van der Waals surface area contributed by atoms with Gasteiger partial charge in [0.1, 0.15) is 30.6 Å². The van der Waals surface area contributed by atoms with E-state index in [1.165, 1.54) is 7.11 Å². The standard InChI is InChI=1S/C38H70N2O12/c1-14-27(41)38(10)33-24(6)40(19-47-38)18-20(2)16-36(8,45)32(52-35-29(42)26(39(11)12)15-21(3)48-35)22(4)30(23(5)34(44)51-33)50-28-17-37(9,46-13)31(43)25(7)49-28/h20-33,35,41-43,45H,14-19H2,1-13H3/t20-,21-,22+,23-,24+,25+,26+,27-,28+,29-,30+,31+,32-,33-,35+,36-,37-,38-/m1/s1. The largest absolute Gasteiger partial charge is 0.457 e. The zero-order valence-electron chi connectivity index (χ0n) is 33.9. The molecule has 304 valence electrons. The number of aliphatic hydroxyl groups is 4. The number of methoxy groups -OCH3 is 1. The zero-order chi connectivity index (χ0) is 39.1. The molecule has 0 aliphatic carbocycles. The van der Waals surface area contributed by atoms with Crippen molar-refractivity contribution in [2.24, 2.45) is 17.8 Å². The lowest BCUT2D eigenvalue weighted by Gasteiger charge is -2.51. The van der Waals surface area contributed by atoms with Crippen LogP contribution in [0.25, 0.3) is 0 Å². The van der Waals surface area contributed by atoms with Crippen LogP contribution in [0.3, 0.4) is 0 Å². The summed E-state index contributed by atoms with van der Waals surface area (Å²) in [6.07, 6.45) is -7.03. The van der Waals surface area contributed by atoms with Crippen molar-refractivity contribution in [2.45, 2.75) is 185 Å². The highest BCUT2D eigenvalue weighted by atomic mass is 16.7. The summed E-state index contributed by atoms with van der Waals surface area (Å²) < 4.78 is 44.4. The molecule has 0 spiro atoms. The van der Waals surface area contributed by atoms with Gasteiger partial charge in [-0.05, 0) is 87.7 Å². The van der Waals surface area contributed by atoms with Crippen LogP contribution < -0.4 is 0 Å². The third kappa shape index (κ3) is 9.00. The van der Waals surface area contributed by atoms with Crippen molar-refractivity contribution in [3.63, 3.8) is 0 Å². The molecule has 2 bridgehead atoms. The van der Waals surface area contributed by atoms with E-state index in [1.807, 2.05) is 53.6 Å². The first kappa shape index (κ1) is 43.7. The molecule has 4 heterocycles. The second-order valence-electron chi connectivity index (χ2n) is 17.2. The maximum absolute atomic E-state index is 14.5. The Morgan fingerprint density at radius 3 is 2.27 bits per heavy atom. The van der Waals surface area contributed by atoms with Crippen LogP contribution >= 0.6 is 0 Å². The Hall–Kier alpha value is -1.01. The number of esters is 1. The molecule has 0 aromatic heterocycles. The van der Waals surface area contributed by atoms with E-state index >= 15 is 0 Å². The molecule has 0 radical (unpaired) electrons. The van der Waals surface area contributed by atoms with Crippen LogP contribution in [-0.2, 0) is 38.0 Å². The van der Waals surface area contributed by atoms with Crippen molar-refractivity contribution < 1.29 is 58.4 Å².